The third-order valence-corrected chi connectivity index (χ3v) is 5.17. The van der Waals surface area contributed by atoms with Gasteiger partial charge in [-0.05, 0) is 81.5 Å². The van der Waals surface area contributed by atoms with E-state index >= 15 is 0 Å². The quantitative estimate of drug-likeness (QED) is 0.758. The van der Waals surface area contributed by atoms with Gasteiger partial charge in [0.25, 0.3) is 0 Å². The largest absolute Gasteiger partial charge is 0.444 e. The van der Waals surface area contributed by atoms with Gasteiger partial charge in [-0.3, -0.25) is 4.90 Å². The zero-order valence-electron chi connectivity index (χ0n) is 18.0. The van der Waals surface area contributed by atoms with Crippen molar-refractivity contribution in [2.24, 2.45) is 0 Å². The first kappa shape index (κ1) is 22.2. The van der Waals surface area contributed by atoms with Crippen LogP contribution in [0, 0.1) is 11.6 Å². The van der Waals surface area contributed by atoms with E-state index < -0.39 is 11.7 Å². The fraction of sp³-hybridized carbons (Fsp3) is 0.458. The number of hydrogen-bond donors (Lipinski definition) is 1. The molecule has 0 aliphatic carbocycles. The minimum Gasteiger partial charge on any atom is -0.444 e. The van der Waals surface area contributed by atoms with Crippen LogP contribution in [-0.2, 0) is 24.1 Å². The van der Waals surface area contributed by atoms with Crippen LogP contribution in [-0.4, -0.2) is 35.2 Å². The molecular weight excluding hydrogens is 386 g/mol. The SMILES string of the molecule is CC(CN1Cc2ccc(F)cc2CC1Cc1ccc(F)cc1)NC(=O)OC(C)(C)C. The molecule has 1 aliphatic rings. The second kappa shape index (κ2) is 9.13. The van der Waals surface area contributed by atoms with Gasteiger partial charge in [0.1, 0.15) is 17.2 Å². The van der Waals surface area contributed by atoms with Crippen molar-refractivity contribution in [2.45, 2.75) is 64.8 Å². The Morgan fingerprint density at radius 2 is 1.80 bits per heavy atom. The van der Waals surface area contributed by atoms with Gasteiger partial charge in [0.15, 0.2) is 0 Å². The maximum atomic E-state index is 13.8. The first-order valence-corrected chi connectivity index (χ1v) is 10.3. The van der Waals surface area contributed by atoms with Gasteiger partial charge in [0, 0.05) is 25.2 Å². The summed E-state index contributed by atoms with van der Waals surface area (Å²) in [7, 11) is 0. The second-order valence-corrected chi connectivity index (χ2v) is 9.08. The molecule has 30 heavy (non-hydrogen) atoms. The van der Waals surface area contributed by atoms with Crippen LogP contribution in [0.5, 0.6) is 0 Å². The molecule has 0 bridgehead atoms. The molecule has 6 heteroatoms. The number of rotatable bonds is 5. The van der Waals surface area contributed by atoms with E-state index in [0.29, 0.717) is 19.5 Å². The summed E-state index contributed by atoms with van der Waals surface area (Å²) in [6, 6.07) is 11.4. The lowest BCUT2D eigenvalue weighted by Crippen LogP contribution is -2.49. The number of halogens is 2. The number of carbonyl (C=O) groups is 1. The van der Waals surface area contributed by atoms with Gasteiger partial charge in [-0.15, -0.1) is 0 Å². The molecule has 0 saturated heterocycles. The van der Waals surface area contributed by atoms with Crippen LogP contribution in [0.3, 0.4) is 0 Å². The van der Waals surface area contributed by atoms with Crippen LogP contribution < -0.4 is 5.32 Å². The molecule has 0 aromatic heterocycles. The Morgan fingerprint density at radius 1 is 1.13 bits per heavy atom. The third-order valence-electron chi connectivity index (χ3n) is 5.17. The Morgan fingerprint density at radius 3 is 2.47 bits per heavy atom. The lowest BCUT2D eigenvalue weighted by Gasteiger charge is -2.38. The van der Waals surface area contributed by atoms with Crippen LogP contribution >= 0.6 is 0 Å². The molecule has 2 unspecified atom stereocenters. The van der Waals surface area contributed by atoms with Gasteiger partial charge >= 0.3 is 6.09 Å². The summed E-state index contributed by atoms with van der Waals surface area (Å²) in [6.45, 7) is 8.73. The third kappa shape index (κ3) is 6.26. The monoisotopic (exact) mass is 416 g/mol. The maximum Gasteiger partial charge on any atom is 0.407 e. The van der Waals surface area contributed by atoms with Crippen molar-refractivity contribution in [1.82, 2.24) is 10.2 Å². The Balaban J connectivity index is 1.73. The van der Waals surface area contributed by atoms with Gasteiger partial charge in [-0.1, -0.05) is 18.2 Å². The lowest BCUT2D eigenvalue weighted by atomic mass is 9.90. The van der Waals surface area contributed by atoms with Crippen LogP contribution in [0.15, 0.2) is 42.5 Å². The Bertz CT molecular complexity index is 878. The number of carbonyl (C=O) groups excluding carboxylic acids is 1. The molecule has 2 aromatic carbocycles. The smallest absolute Gasteiger partial charge is 0.407 e. The van der Waals surface area contributed by atoms with Gasteiger partial charge in [0.05, 0.1) is 0 Å². The summed E-state index contributed by atoms with van der Waals surface area (Å²) in [5.74, 6) is -0.496. The van der Waals surface area contributed by atoms with Crippen molar-refractivity contribution >= 4 is 6.09 Å². The highest BCUT2D eigenvalue weighted by Gasteiger charge is 2.28. The minimum absolute atomic E-state index is 0.118. The second-order valence-electron chi connectivity index (χ2n) is 9.08. The van der Waals surface area contributed by atoms with Crippen molar-refractivity contribution in [2.75, 3.05) is 6.54 Å². The number of ether oxygens (including phenoxy) is 1. The Kier molecular flexibility index (Phi) is 6.76. The molecule has 0 fully saturated rings. The van der Waals surface area contributed by atoms with E-state index in [0.717, 1.165) is 23.1 Å². The number of benzene rings is 2. The Labute approximate surface area is 177 Å². The molecule has 4 nitrogen and oxygen atoms in total. The molecule has 1 N–H and O–H groups in total. The highest BCUT2D eigenvalue weighted by molar-refractivity contribution is 5.68. The first-order chi connectivity index (χ1) is 14.1. The van der Waals surface area contributed by atoms with Crippen LogP contribution in [0.2, 0.25) is 0 Å². The van der Waals surface area contributed by atoms with Crippen molar-refractivity contribution in [1.29, 1.82) is 0 Å². The van der Waals surface area contributed by atoms with Crippen molar-refractivity contribution in [3.8, 4) is 0 Å². The fourth-order valence-corrected chi connectivity index (χ4v) is 3.88. The molecule has 0 spiro atoms. The maximum absolute atomic E-state index is 13.8. The standard InChI is InChI=1S/C24H30F2N2O2/c1-16(27-23(29)30-24(2,3)4)14-28-15-18-7-10-21(26)12-19(18)13-22(28)11-17-5-8-20(25)9-6-17/h5-10,12,16,22H,11,13-15H2,1-4H3,(H,27,29). The molecule has 1 amide bonds. The summed E-state index contributed by atoms with van der Waals surface area (Å²) in [5.41, 5.74) is 2.57. The molecule has 2 aromatic rings. The highest BCUT2D eigenvalue weighted by atomic mass is 19.1. The average molecular weight is 417 g/mol. The van der Waals surface area contributed by atoms with Crippen LogP contribution in [0.4, 0.5) is 13.6 Å². The van der Waals surface area contributed by atoms with Crippen molar-refractivity contribution in [3.05, 3.63) is 70.8 Å². The minimum atomic E-state index is -0.553. The van der Waals surface area contributed by atoms with Gasteiger partial charge in [-0.25, -0.2) is 13.6 Å². The normalized spacial score (nSPS) is 17.9. The number of amides is 1. The number of nitrogens with one attached hydrogen (secondary N) is 1. The van der Waals surface area contributed by atoms with E-state index in [2.05, 4.69) is 10.2 Å². The molecular formula is C24H30F2N2O2. The van der Waals surface area contributed by atoms with E-state index in [1.54, 1.807) is 18.2 Å². The molecule has 1 aliphatic heterocycles. The Hall–Kier alpha value is -2.47. The highest BCUT2D eigenvalue weighted by Crippen LogP contribution is 2.26. The predicted molar refractivity (Wildman–Crippen MR) is 113 cm³/mol. The molecule has 3 rings (SSSR count). The van der Waals surface area contributed by atoms with Gasteiger partial charge < -0.3 is 10.1 Å². The summed E-state index contributed by atoms with van der Waals surface area (Å²) in [4.78, 5) is 14.4. The van der Waals surface area contributed by atoms with E-state index in [1.807, 2.05) is 33.8 Å². The van der Waals surface area contributed by atoms with E-state index in [-0.39, 0.29) is 23.7 Å². The fourth-order valence-electron chi connectivity index (χ4n) is 3.88. The molecule has 1 heterocycles. The van der Waals surface area contributed by atoms with Crippen molar-refractivity contribution in [3.63, 3.8) is 0 Å². The zero-order chi connectivity index (χ0) is 21.9. The number of alkyl carbamates (subject to hydrolysis) is 1. The lowest BCUT2D eigenvalue weighted by molar-refractivity contribution is 0.0485. The average Bonchev–Trinajstić information content (AvgIpc) is 2.62. The van der Waals surface area contributed by atoms with Gasteiger partial charge in [-0.2, -0.15) is 0 Å². The molecule has 0 radical (unpaired) electrons. The van der Waals surface area contributed by atoms with Crippen LogP contribution in [0.1, 0.15) is 44.4 Å². The molecule has 2 atom stereocenters. The summed E-state index contributed by atoms with van der Waals surface area (Å²) >= 11 is 0. The van der Waals surface area contributed by atoms with E-state index in [4.69, 9.17) is 4.74 Å². The van der Waals surface area contributed by atoms with Crippen LogP contribution in [0.25, 0.3) is 0 Å². The predicted octanol–water partition coefficient (Wildman–Crippen LogP) is 4.85. The summed E-state index contributed by atoms with van der Waals surface area (Å²) in [5, 5.41) is 2.90. The number of nitrogens with zero attached hydrogens (tertiary/aromatic N) is 1. The van der Waals surface area contributed by atoms with E-state index in [1.165, 1.54) is 18.2 Å². The first-order valence-electron chi connectivity index (χ1n) is 10.3. The zero-order valence-corrected chi connectivity index (χ0v) is 18.0. The van der Waals surface area contributed by atoms with Gasteiger partial charge in [0.2, 0.25) is 0 Å². The summed E-state index contributed by atoms with van der Waals surface area (Å²) in [6.07, 6.45) is 0.975. The van der Waals surface area contributed by atoms with E-state index in [9.17, 15) is 13.6 Å². The topological polar surface area (TPSA) is 41.6 Å². The number of hydrogen-bond acceptors (Lipinski definition) is 3. The molecule has 0 saturated carbocycles. The number of fused-ring (bicyclic) bond motifs is 1. The van der Waals surface area contributed by atoms with Crippen molar-refractivity contribution < 1.29 is 18.3 Å². The molecule has 162 valence electrons. The summed E-state index contributed by atoms with van der Waals surface area (Å²) < 4.78 is 32.4.